The molecule has 0 aromatic carbocycles. The standard InChI is InChI=1S/C44H81O14P/c1-3-5-7-8-9-10-11-12-13-14-15-16-17-18-20-25-43(51)55-33-38(34-57-59(53,54)56-32-37(48)31-45)58-44(52)26-22-21-24-36(47)29-40-39(41(49)30-42(40)50)28-27-35(46)23-19-6-4-2/h27-28,35,37-42,45-46,48-50H,3-26,29-34H2,1-2H3,(H,53,54)/b28-27+/t35-,37-,38+,39+,40+,41+,42-/m0/s1. The molecule has 0 amide bonds. The summed E-state index contributed by atoms with van der Waals surface area (Å²) in [5.41, 5.74) is 0. The van der Waals surface area contributed by atoms with E-state index in [2.05, 4.69) is 18.4 Å². The molecule has 15 heteroatoms. The van der Waals surface area contributed by atoms with Crippen molar-refractivity contribution in [3.05, 3.63) is 12.2 Å². The number of unbranched alkanes of at least 4 members (excludes halogenated alkanes) is 17. The van der Waals surface area contributed by atoms with Crippen molar-refractivity contribution in [3.63, 3.8) is 0 Å². The fraction of sp³-hybridized carbons (Fsp3) is 0.886. The maximum absolute atomic E-state index is 12.9. The van der Waals surface area contributed by atoms with E-state index in [0.717, 1.165) is 38.5 Å². The van der Waals surface area contributed by atoms with Gasteiger partial charge in [0.25, 0.3) is 0 Å². The number of phosphoric acid groups is 1. The first kappa shape index (κ1) is 55.3. The largest absolute Gasteiger partial charge is 0.472 e. The number of ether oxygens (including phenoxy) is 2. The number of carbonyl (C=O) groups excluding carboxylic acids is 3. The summed E-state index contributed by atoms with van der Waals surface area (Å²) in [5.74, 6) is -2.28. The van der Waals surface area contributed by atoms with Crippen LogP contribution in [0.25, 0.3) is 0 Å². The van der Waals surface area contributed by atoms with Gasteiger partial charge in [-0.15, -0.1) is 0 Å². The van der Waals surface area contributed by atoms with Crippen LogP contribution in [0.5, 0.6) is 0 Å². The van der Waals surface area contributed by atoms with Crippen LogP contribution in [-0.2, 0) is 37.5 Å². The van der Waals surface area contributed by atoms with Gasteiger partial charge in [-0.1, -0.05) is 135 Å². The van der Waals surface area contributed by atoms with Crippen LogP contribution in [0.1, 0.15) is 181 Å². The molecule has 1 saturated carbocycles. The van der Waals surface area contributed by atoms with Crippen molar-refractivity contribution in [3.8, 4) is 0 Å². The molecule has 346 valence electrons. The Morgan fingerprint density at radius 2 is 1.19 bits per heavy atom. The minimum Gasteiger partial charge on any atom is -0.462 e. The van der Waals surface area contributed by atoms with Crippen LogP contribution in [0.4, 0.5) is 0 Å². The molecule has 0 aromatic heterocycles. The lowest BCUT2D eigenvalue weighted by atomic mass is 9.87. The smallest absolute Gasteiger partial charge is 0.462 e. The Labute approximate surface area is 354 Å². The molecular weight excluding hydrogens is 783 g/mol. The minimum atomic E-state index is -4.72. The van der Waals surface area contributed by atoms with Gasteiger partial charge in [0.1, 0.15) is 18.5 Å². The highest BCUT2D eigenvalue weighted by Gasteiger charge is 2.41. The van der Waals surface area contributed by atoms with E-state index >= 15 is 0 Å². The quantitative estimate of drug-likeness (QED) is 0.0152. The van der Waals surface area contributed by atoms with E-state index in [1.54, 1.807) is 12.2 Å². The number of rotatable bonds is 39. The summed E-state index contributed by atoms with van der Waals surface area (Å²) in [5, 5.41) is 49.7. The van der Waals surface area contributed by atoms with E-state index < -0.39 is 88.5 Å². The van der Waals surface area contributed by atoms with Crippen molar-refractivity contribution in [1.82, 2.24) is 0 Å². The molecule has 1 aliphatic rings. The maximum Gasteiger partial charge on any atom is 0.472 e. The van der Waals surface area contributed by atoms with Gasteiger partial charge in [0.2, 0.25) is 0 Å². The molecule has 1 fully saturated rings. The van der Waals surface area contributed by atoms with Gasteiger partial charge in [0.15, 0.2) is 6.10 Å². The average molecular weight is 865 g/mol. The molecule has 0 saturated heterocycles. The highest BCUT2D eigenvalue weighted by Crippen LogP contribution is 2.43. The van der Waals surface area contributed by atoms with E-state index in [4.69, 9.17) is 19.1 Å². The van der Waals surface area contributed by atoms with Gasteiger partial charge in [0, 0.05) is 43.9 Å². The molecule has 0 bridgehead atoms. The van der Waals surface area contributed by atoms with E-state index in [1.165, 1.54) is 70.6 Å². The second-order valence-corrected chi connectivity index (χ2v) is 17.9. The van der Waals surface area contributed by atoms with Gasteiger partial charge in [-0.3, -0.25) is 23.4 Å². The summed E-state index contributed by atoms with van der Waals surface area (Å²) in [7, 11) is -4.72. The van der Waals surface area contributed by atoms with Crippen molar-refractivity contribution < 1.29 is 67.9 Å². The lowest BCUT2D eigenvalue weighted by Gasteiger charge is -2.21. The highest BCUT2D eigenvalue weighted by molar-refractivity contribution is 7.47. The molecule has 0 heterocycles. The van der Waals surface area contributed by atoms with E-state index in [9.17, 15) is 44.3 Å². The second kappa shape index (κ2) is 34.8. The molecule has 6 N–H and O–H groups in total. The lowest BCUT2D eigenvalue weighted by molar-refractivity contribution is -0.161. The predicted octanol–water partition coefficient (Wildman–Crippen LogP) is 7.56. The zero-order chi connectivity index (χ0) is 43.7. The second-order valence-electron chi connectivity index (χ2n) is 16.4. The van der Waals surface area contributed by atoms with Crippen LogP contribution >= 0.6 is 7.82 Å². The zero-order valence-corrected chi connectivity index (χ0v) is 37.2. The van der Waals surface area contributed by atoms with Gasteiger partial charge in [0.05, 0.1) is 38.1 Å². The fourth-order valence-electron chi connectivity index (χ4n) is 7.28. The number of hydrogen-bond acceptors (Lipinski definition) is 13. The third-order valence-electron chi connectivity index (χ3n) is 10.9. The Morgan fingerprint density at radius 3 is 1.78 bits per heavy atom. The SMILES string of the molecule is CCCCCCCCCCCCCCCCCC(=O)OC[C@H](COP(=O)(O)OC[C@@H](O)CO)OC(=O)CCCCC(=O)C[C@@H]1[C@@H](/C=C/[C@@H](O)CCCCC)[C@H](O)C[C@@H]1O. The van der Waals surface area contributed by atoms with Crippen molar-refractivity contribution >= 4 is 25.5 Å². The number of ketones is 1. The number of phosphoric ester groups is 1. The third kappa shape index (κ3) is 29.2. The van der Waals surface area contributed by atoms with Gasteiger partial charge >= 0.3 is 19.8 Å². The van der Waals surface area contributed by atoms with E-state index in [1.807, 2.05) is 0 Å². The van der Waals surface area contributed by atoms with E-state index in [-0.39, 0.29) is 44.3 Å². The molecule has 14 nitrogen and oxygen atoms in total. The number of hydrogen-bond donors (Lipinski definition) is 6. The van der Waals surface area contributed by atoms with Crippen LogP contribution in [-0.4, -0.2) is 105 Å². The number of Topliss-reactive ketones (excluding diaryl/α,β-unsaturated/α-hetero) is 1. The summed E-state index contributed by atoms with van der Waals surface area (Å²) < 4.78 is 32.6. The molecule has 8 atom stereocenters. The van der Waals surface area contributed by atoms with Crippen molar-refractivity contribution in [2.24, 2.45) is 11.8 Å². The van der Waals surface area contributed by atoms with Crippen LogP contribution < -0.4 is 0 Å². The van der Waals surface area contributed by atoms with Gasteiger partial charge in [-0.25, -0.2) is 4.57 Å². The topological polar surface area (TPSA) is 227 Å². The van der Waals surface area contributed by atoms with Crippen molar-refractivity contribution in [2.75, 3.05) is 26.4 Å². The number of aliphatic hydroxyl groups excluding tert-OH is 5. The Balaban J connectivity index is 2.48. The Bertz CT molecular complexity index is 1170. The van der Waals surface area contributed by atoms with Gasteiger partial charge in [-0.05, 0) is 25.7 Å². The molecule has 1 rings (SSSR count). The summed E-state index contributed by atoms with van der Waals surface area (Å²) in [6, 6.07) is 0. The van der Waals surface area contributed by atoms with E-state index in [0.29, 0.717) is 19.3 Å². The van der Waals surface area contributed by atoms with Crippen LogP contribution in [0.3, 0.4) is 0 Å². The molecule has 0 spiro atoms. The maximum atomic E-state index is 12.9. The first-order valence-electron chi connectivity index (χ1n) is 22.8. The molecule has 0 radical (unpaired) electrons. The highest BCUT2D eigenvalue weighted by atomic mass is 31.2. The lowest BCUT2D eigenvalue weighted by Crippen LogP contribution is -2.30. The normalized spacial score (nSPS) is 20.7. The summed E-state index contributed by atoms with van der Waals surface area (Å²) in [6.45, 7) is 1.86. The molecule has 1 aliphatic carbocycles. The van der Waals surface area contributed by atoms with Crippen LogP contribution in [0.2, 0.25) is 0 Å². The number of esters is 2. The number of aliphatic hydroxyl groups is 5. The molecule has 59 heavy (non-hydrogen) atoms. The first-order chi connectivity index (χ1) is 28.3. The molecule has 0 aromatic rings. The summed E-state index contributed by atoms with van der Waals surface area (Å²) in [4.78, 5) is 48.1. The molecular formula is C44H81O14P. The molecule has 1 unspecified atom stereocenters. The van der Waals surface area contributed by atoms with Crippen LogP contribution in [0, 0.1) is 11.8 Å². The number of carbonyl (C=O) groups is 3. The summed E-state index contributed by atoms with van der Waals surface area (Å²) >= 11 is 0. The predicted molar refractivity (Wildman–Crippen MR) is 226 cm³/mol. The average Bonchev–Trinajstić information content (AvgIpc) is 3.47. The first-order valence-corrected chi connectivity index (χ1v) is 24.3. The van der Waals surface area contributed by atoms with Gasteiger partial charge < -0.3 is 39.9 Å². The fourth-order valence-corrected chi connectivity index (χ4v) is 8.07. The monoisotopic (exact) mass is 865 g/mol. The summed E-state index contributed by atoms with van der Waals surface area (Å²) in [6.07, 6.45) is 20.9. The van der Waals surface area contributed by atoms with Gasteiger partial charge in [-0.2, -0.15) is 0 Å². The Hall–Kier alpha value is -1.74. The Kier molecular flexibility index (Phi) is 32.6. The Morgan fingerprint density at radius 1 is 0.678 bits per heavy atom. The van der Waals surface area contributed by atoms with Crippen LogP contribution in [0.15, 0.2) is 12.2 Å². The van der Waals surface area contributed by atoms with Crippen molar-refractivity contribution in [2.45, 2.75) is 211 Å². The third-order valence-corrected chi connectivity index (χ3v) is 11.9. The minimum absolute atomic E-state index is 0.0480. The van der Waals surface area contributed by atoms with Crippen molar-refractivity contribution in [1.29, 1.82) is 0 Å². The zero-order valence-electron chi connectivity index (χ0n) is 36.3. The molecule has 0 aliphatic heterocycles.